The molecule has 2 aliphatic rings. The number of aliphatic hydroxyl groups is 1. The molecule has 1 spiro atoms. The zero-order valence-electron chi connectivity index (χ0n) is 15.0. The number of nitrogens with zero attached hydrogens (tertiary/aromatic N) is 2. The first kappa shape index (κ1) is 18.3. The summed E-state index contributed by atoms with van der Waals surface area (Å²) in [4.78, 5) is 16.2. The highest BCUT2D eigenvalue weighted by atomic mass is 19.1. The first-order chi connectivity index (χ1) is 11.8. The van der Waals surface area contributed by atoms with Crippen molar-refractivity contribution in [2.45, 2.75) is 44.5 Å². The van der Waals surface area contributed by atoms with Gasteiger partial charge in [0.1, 0.15) is 5.82 Å². The summed E-state index contributed by atoms with van der Waals surface area (Å²) in [6.45, 7) is 7.02. The number of hydrogen-bond acceptors (Lipinski definition) is 4. The third-order valence-corrected chi connectivity index (χ3v) is 5.33. The van der Waals surface area contributed by atoms with Crippen molar-refractivity contribution in [2.24, 2.45) is 0 Å². The largest absolute Gasteiger partial charge is 0.358 e. The number of ether oxygens (including phenoxy) is 1. The first-order valence-electron chi connectivity index (χ1n) is 9.02. The molecule has 0 aromatic heterocycles. The smallest absolute Gasteiger partial charge is 0.282 e. The minimum Gasteiger partial charge on any atom is -0.358 e. The monoisotopic (exact) mass is 350 g/mol. The molecule has 1 aromatic rings. The second-order valence-corrected chi connectivity index (χ2v) is 7.31. The Kier molecular flexibility index (Phi) is 5.14. The number of carbonyl (C=O) groups is 1. The number of piperidine rings is 1. The lowest BCUT2D eigenvalue weighted by atomic mass is 9.87. The molecule has 0 saturated carbocycles. The zero-order chi connectivity index (χ0) is 18.1. The predicted molar refractivity (Wildman–Crippen MR) is 92.5 cm³/mol. The van der Waals surface area contributed by atoms with Crippen LogP contribution < -0.4 is 0 Å². The number of halogens is 1. The van der Waals surface area contributed by atoms with Gasteiger partial charge in [-0.05, 0) is 50.8 Å². The Labute approximate surface area is 148 Å². The highest BCUT2D eigenvalue weighted by Gasteiger charge is 2.51. The summed E-state index contributed by atoms with van der Waals surface area (Å²) in [6, 6.07) is 6.73. The summed E-state index contributed by atoms with van der Waals surface area (Å²) in [6.07, 6.45) is 2.36. The number of carbonyl (C=O) groups excluding carboxylic acids is 1. The van der Waals surface area contributed by atoms with E-state index in [1.54, 1.807) is 17.0 Å². The van der Waals surface area contributed by atoms with Gasteiger partial charge in [0.25, 0.3) is 5.91 Å². The molecule has 0 radical (unpaired) electrons. The van der Waals surface area contributed by atoms with Crippen LogP contribution in [0.15, 0.2) is 24.3 Å². The standard InChI is InChI=1S/C19H27FN2O3/c1-3-22-14-19(25-18(2,24)17(22)23)8-11-21(12-9-19)10-7-15-5-4-6-16(20)13-15/h4-6,13,24H,3,7-12,14H2,1-2H3. The lowest BCUT2D eigenvalue weighted by Gasteiger charge is -2.51. The Bertz CT molecular complexity index is 627. The molecule has 6 heteroatoms. The number of likely N-dealkylation sites (N-methyl/N-ethyl adjacent to an activating group) is 1. The highest BCUT2D eigenvalue weighted by molar-refractivity contribution is 5.83. The molecule has 2 saturated heterocycles. The van der Waals surface area contributed by atoms with Gasteiger partial charge >= 0.3 is 0 Å². The average molecular weight is 350 g/mol. The van der Waals surface area contributed by atoms with Crippen LogP contribution in [0.25, 0.3) is 0 Å². The minimum absolute atomic E-state index is 0.197. The molecule has 0 bridgehead atoms. The number of amides is 1. The van der Waals surface area contributed by atoms with E-state index in [0.717, 1.165) is 44.5 Å². The molecule has 3 rings (SSSR count). The van der Waals surface area contributed by atoms with E-state index in [4.69, 9.17) is 4.74 Å². The summed E-state index contributed by atoms with van der Waals surface area (Å²) < 4.78 is 19.1. The summed E-state index contributed by atoms with van der Waals surface area (Å²) in [7, 11) is 0. The molecule has 5 nitrogen and oxygen atoms in total. The molecule has 25 heavy (non-hydrogen) atoms. The molecular formula is C19H27FN2O3. The van der Waals surface area contributed by atoms with Gasteiger partial charge in [-0.2, -0.15) is 0 Å². The van der Waals surface area contributed by atoms with Crippen molar-refractivity contribution in [3.63, 3.8) is 0 Å². The van der Waals surface area contributed by atoms with E-state index in [1.807, 2.05) is 13.0 Å². The molecule has 0 aliphatic carbocycles. The second-order valence-electron chi connectivity index (χ2n) is 7.31. The lowest BCUT2D eigenvalue weighted by Crippen LogP contribution is -2.66. The molecule has 2 aliphatic heterocycles. The lowest BCUT2D eigenvalue weighted by molar-refractivity contribution is -0.284. The third-order valence-electron chi connectivity index (χ3n) is 5.33. The molecule has 1 unspecified atom stereocenters. The van der Waals surface area contributed by atoms with Gasteiger partial charge in [-0.25, -0.2) is 4.39 Å². The van der Waals surface area contributed by atoms with Crippen molar-refractivity contribution in [3.05, 3.63) is 35.6 Å². The van der Waals surface area contributed by atoms with Crippen molar-refractivity contribution in [1.82, 2.24) is 9.80 Å². The molecule has 1 atom stereocenters. The van der Waals surface area contributed by atoms with Crippen LogP contribution in [0.3, 0.4) is 0 Å². The van der Waals surface area contributed by atoms with Crippen molar-refractivity contribution in [3.8, 4) is 0 Å². The molecule has 2 heterocycles. The number of rotatable bonds is 4. The SMILES string of the molecule is CCN1CC2(CCN(CCc3cccc(F)c3)CC2)OC(C)(O)C1=O. The van der Waals surface area contributed by atoms with E-state index < -0.39 is 11.4 Å². The van der Waals surface area contributed by atoms with Crippen LogP contribution in [0.1, 0.15) is 32.3 Å². The Morgan fingerprint density at radius 3 is 2.68 bits per heavy atom. The van der Waals surface area contributed by atoms with E-state index >= 15 is 0 Å². The topological polar surface area (TPSA) is 53.0 Å². The van der Waals surface area contributed by atoms with Gasteiger partial charge < -0.3 is 19.6 Å². The van der Waals surface area contributed by atoms with Crippen molar-refractivity contribution >= 4 is 5.91 Å². The van der Waals surface area contributed by atoms with Crippen LogP contribution in [-0.4, -0.2) is 64.9 Å². The number of benzene rings is 1. The van der Waals surface area contributed by atoms with Gasteiger partial charge in [0.05, 0.1) is 12.1 Å². The van der Waals surface area contributed by atoms with E-state index in [-0.39, 0.29) is 11.7 Å². The summed E-state index contributed by atoms with van der Waals surface area (Å²) in [5.74, 6) is -2.29. The average Bonchev–Trinajstić information content (AvgIpc) is 2.57. The summed E-state index contributed by atoms with van der Waals surface area (Å²) in [5.41, 5.74) is 0.530. The summed E-state index contributed by atoms with van der Waals surface area (Å²) >= 11 is 0. The predicted octanol–water partition coefficient (Wildman–Crippen LogP) is 1.79. The quantitative estimate of drug-likeness (QED) is 0.900. The second kappa shape index (κ2) is 7.02. The fraction of sp³-hybridized carbons (Fsp3) is 0.632. The van der Waals surface area contributed by atoms with Crippen molar-refractivity contribution in [1.29, 1.82) is 0 Å². The van der Waals surface area contributed by atoms with Crippen LogP contribution >= 0.6 is 0 Å². The Balaban J connectivity index is 1.56. The molecule has 2 fully saturated rings. The first-order valence-corrected chi connectivity index (χ1v) is 9.02. The van der Waals surface area contributed by atoms with Gasteiger partial charge in [-0.3, -0.25) is 4.79 Å². The van der Waals surface area contributed by atoms with Crippen LogP contribution in [0, 0.1) is 5.82 Å². The van der Waals surface area contributed by atoms with E-state index in [1.165, 1.54) is 13.0 Å². The maximum Gasteiger partial charge on any atom is 0.282 e. The van der Waals surface area contributed by atoms with Crippen LogP contribution in [0.5, 0.6) is 0 Å². The maximum absolute atomic E-state index is 13.3. The molecule has 1 amide bonds. The number of hydrogen-bond donors (Lipinski definition) is 1. The zero-order valence-corrected chi connectivity index (χ0v) is 15.0. The summed E-state index contributed by atoms with van der Waals surface area (Å²) in [5, 5.41) is 10.3. The van der Waals surface area contributed by atoms with Crippen LogP contribution in [-0.2, 0) is 16.0 Å². The fourth-order valence-electron chi connectivity index (χ4n) is 3.89. The Morgan fingerprint density at radius 2 is 2.04 bits per heavy atom. The van der Waals surface area contributed by atoms with Crippen LogP contribution in [0.4, 0.5) is 4.39 Å². The van der Waals surface area contributed by atoms with Gasteiger partial charge in [-0.15, -0.1) is 0 Å². The van der Waals surface area contributed by atoms with Gasteiger partial charge in [-0.1, -0.05) is 12.1 Å². The normalized spacial score (nSPS) is 27.0. The van der Waals surface area contributed by atoms with E-state index in [9.17, 15) is 14.3 Å². The van der Waals surface area contributed by atoms with Gasteiger partial charge in [0, 0.05) is 26.2 Å². The Hall–Kier alpha value is -1.50. The van der Waals surface area contributed by atoms with Crippen molar-refractivity contribution < 1.29 is 19.0 Å². The van der Waals surface area contributed by atoms with Gasteiger partial charge in [0.2, 0.25) is 5.79 Å². The molecule has 138 valence electrons. The van der Waals surface area contributed by atoms with Crippen LogP contribution in [0.2, 0.25) is 0 Å². The number of morpholine rings is 1. The number of likely N-dealkylation sites (tertiary alicyclic amines) is 1. The minimum atomic E-state index is -1.74. The fourth-order valence-corrected chi connectivity index (χ4v) is 3.89. The van der Waals surface area contributed by atoms with E-state index in [0.29, 0.717) is 13.1 Å². The van der Waals surface area contributed by atoms with Crippen molar-refractivity contribution in [2.75, 3.05) is 32.7 Å². The Morgan fingerprint density at radius 1 is 1.32 bits per heavy atom. The highest BCUT2D eigenvalue weighted by Crippen LogP contribution is 2.36. The maximum atomic E-state index is 13.3. The van der Waals surface area contributed by atoms with Gasteiger partial charge in [0.15, 0.2) is 0 Å². The molecular weight excluding hydrogens is 323 g/mol. The third kappa shape index (κ3) is 4.02. The van der Waals surface area contributed by atoms with E-state index in [2.05, 4.69) is 4.90 Å². The molecule has 1 N–H and O–H groups in total. The molecule has 1 aromatic carbocycles.